The van der Waals surface area contributed by atoms with E-state index < -0.39 is 35.4 Å². The summed E-state index contributed by atoms with van der Waals surface area (Å²) in [5.41, 5.74) is 1.84. The van der Waals surface area contributed by atoms with Gasteiger partial charge in [-0.1, -0.05) is 35.0 Å². The fourth-order valence-electron chi connectivity index (χ4n) is 4.38. The van der Waals surface area contributed by atoms with Gasteiger partial charge in [0.15, 0.2) is 18.1 Å². The second-order valence-electron chi connectivity index (χ2n) is 9.24. The number of carbonyl (C=O) groups is 4. The van der Waals surface area contributed by atoms with Crippen molar-refractivity contribution in [3.05, 3.63) is 88.0 Å². The molecule has 1 atom stereocenters. The molecular formula is C29H18Cl2N4O7S. The Morgan fingerprint density at radius 2 is 1.79 bits per heavy atom. The van der Waals surface area contributed by atoms with E-state index in [2.05, 4.69) is 15.2 Å². The number of nitrogens with zero attached hydrogens (tertiary/aromatic N) is 4. The number of fused-ring (bicyclic) bond motifs is 1. The molecule has 1 saturated heterocycles. The van der Waals surface area contributed by atoms with E-state index in [1.807, 2.05) is 6.07 Å². The first kappa shape index (κ1) is 28.6. The van der Waals surface area contributed by atoms with Crippen LogP contribution < -0.4 is 14.4 Å². The number of ketones is 1. The molecule has 14 heteroatoms. The van der Waals surface area contributed by atoms with Gasteiger partial charge in [0.05, 0.1) is 28.2 Å². The van der Waals surface area contributed by atoms with Crippen molar-refractivity contribution in [2.75, 3.05) is 18.3 Å². The molecule has 1 fully saturated rings. The minimum atomic E-state index is -0.767. The minimum Gasteiger partial charge on any atom is -0.454 e. The molecule has 2 amide bonds. The maximum atomic E-state index is 13.2. The quantitative estimate of drug-likeness (QED) is 0.146. The van der Waals surface area contributed by atoms with Crippen LogP contribution in [0.4, 0.5) is 5.69 Å². The number of aromatic nitrogens is 3. The smallest absolute Gasteiger partial charge is 0.338 e. The van der Waals surface area contributed by atoms with Crippen molar-refractivity contribution >= 4 is 64.2 Å². The molecule has 2 aliphatic heterocycles. The molecule has 0 N–H and O–H groups in total. The van der Waals surface area contributed by atoms with Crippen molar-refractivity contribution in [1.82, 2.24) is 15.2 Å². The van der Waals surface area contributed by atoms with Crippen molar-refractivity contribution in [3.63, 3.8) is 0 Å². The van der Waals surface area contributed by atoms with Crippen LogP contribution in [0.25, 0.3) is 11.3 Å². The number of hydrogen-bond donors (Lipinski definition) is 0. The number of halogens is 2. The molecular weight excluding hydrogens is 619 g/mol. The lowest BCUT2D eigenvalue weighted by Gasteiger charge is -2.15. The van der Waals surface area contributed by atoms with Crippen LogP contribution in [0.1, 0.15) is 27.1 Å². The summed E-state index contributed by atoms with van der Waals surface area (Å²) in [7, 11) is 0. The highest BCUT2D eigenvalue weighted by atomic mass is 35.5. The van der Waals surface area contributed by atoms with Gasteiger partial charge in [-0.2, -0.15) is 5.10 Å². The van der Waals surface area contributed by atoms with Crippen LogP contribution in [0, 0.1) is 0 Å². The normalized spacial score (nSPS) is 15.6. The third-order valence-corrected chi connectivity index (χ3v) is 8.07. The summed E-state index contributed by atoms with van der Waals surface area (Å²) in [6.07, 6.45) is 1.42. The molecule has 4 aromatic rings. The summed E-state index contributed by atoms with van der Waals surface area (Å²) in [6, 6.07) is 15.4. The molecule has 0 saturated carbocycles. The Morgan fingerprint density at radius 1 is 1.00 bits per heavy atom. The molecule has 43 heavy (non-hydrogen) atoms. The fourth-order valence-corrected chi connectivity index (χ4v) is 5.83. The minimum absolute atomic E-state index is 0.0692. The van der Waals surface area contributed by atoms with Gasteiger partial charge in [0.2, 0.25) is 29.5 Å². The van der Waals surface area contributed by atoms with Gasteiger partial charge in [0.1, 0.15) is 5.25 Å². The predicted molar refractivity (Wildman–Crippen MR) is 156 cm³/mol. The van der Waals surface area contributed by atoms with Gasteiger partial charge in [0, 0.05) is 22.6 Å². The highest BCUT2D eigenvalue weighted by molar-refractivity contribution is 8.00. The summed E-state index contributed by atoms with van der Waals surface area (Å²) >= 11 is 12.9. The third-order valence-electron chi connectivity index (χ3n) is 6.49. The first-order valence-electron chi connectivity index (χ1n) is 12.7. The van der Waals surface area contributed by atoms with E-state index in [4.69, 9.17) is 37.4 Å². The maximum Gasteiger partial charge on any atom is 0.338 e. The number of Topliss-reactive ketones (excluding diaryl/α,β-unsaturated/α-hetero) is 1. The topological polar surface area (TPSA) is 138 Å². The lowest BCUT2D eigenvalue weighted by Crippen LogP contribution is -2.31. The predicted octanol–water partition coefficient (Wildman–Crippen LogP) is 5.04. The van der Waals surface area contributed by atoms with Gasteiger partial charge in [-0.25, -0.2) is 14.7 Å². The molecule has 6 rings (SSSR count). The first-order valence-corrected chi connectivity index (χ1v) is 14.3. The molecule has 0 aliphatic carbocycles. The average Bonchev–Trinajstić information content (AvgIpc) is 3.58. The van der Waals surface area contributed by atoms with Gasteiger partial charge < -0.3 is 14.2 Å². The van der Waals surface area contributed by atoms with Crippen LogP contribution >= 0.6 is 35.0 Å². The number of amides is 2. The van der Waals surface area contributed by atoms with Crippen LogP contribution in [0.2, 0.25) is 10.0 Å². The Morgan fingerprint density at radius 3 is 2.58 bits per heavy atom. The van der Waals surface area contributed by atoms with E-state index in [9.17, 15) is 19.2 Å². The van der Waals surface area contributed by atoms with Crippen molar-refractivity contribution in [1.29, 1.82) is 0 Å². The molecule has 216 valence electrons. The number of imide groups is 1. The number of esters is 1. The van der Waals surface area contributed by atoms with E-state index in [1.165, 1.54) is 48.7 Å². The number of benzene rings is 3. The van der Waals surface area contributed by atoms with Gasteiger partial charge in [-0.15, -0.1) is 5.10 Å². The molecule has 2 aliphatic rings. The lowest BCUT2D eigenvalue weighted by molar-refractivity contribution is -0.121. The van der Waals surface area contributed by atoms with Crippen LogP contribution in [0.3, 0.4) is 0 Å². The Balaban J connectivity index is 1.09. The summed E-state index contributed by atoms with van der Waals surface area (Å²) in [4.78, 5) is 56.5. The number of carbonyl (C=O) groups excluding carboxylic acids is 4. The summed E-state index contributed by atoms with van der Waals surface area (Å²) in [6.45, 7) is -0.387. The molecule has 11 nitrogen and oxygen atoms in total. The van der Waals surface area contributed by atoms with Crippen molar-refractivity contribution in [3.8, 4) is 22.8 Å². The molecule has 1 unspecified atom stereocenters. The molecule has 0 spiro atoms. The number of hydrogen-bond acceptors (Lipinski definition) is 11. The highest BCUT2D eigenvalue weighted by Gasteiger charge is 2.41. The highest BCUT2D eigenvalue weighted by Crippen LogP contribution is 2.36. The van der Waals surface area contributed by atoms with Gasteiger partial charge >= 0.3 is 5.97 Å². The lowest BCUT2D eigenvalue weighted by atomic mass is 10.1. The van der Waals surface area contributed by atoms with E-state index in [0.29, 0.717) is 22.2 Å². The number of rotatable bonds is 8. The number of thioether (sulfide) groups is 1. The summed E-state index contributed by atoms with van der Waals surface area (Å²) in [5, 5.41) is 8.01. The average molecular weight is 637 g/mol. The van der Waals surface area contributed by atoms with Gasteiger partial charge in [0.25, 0.3) is 0 Å². The number of anilines is 1. The molecule has 0 bridgehead atoms. The monoisotopic (exact) mass is 636 g/mol. The molecule has 3 heterocycles. The second kappa shape index (κ2) is 12.0. The summed E-state index contributed by atoms with van der Waals surface area (Å²) in [5.74, 6) is -0.896. The standard InChI is InChI=1S/C29H18Cl2N4O7S/c30-17-4-7-19(20(31)10-17)22(36)13-40-28(39)15-1-5-18(6-2-15)35-26(37)11-25(27(35)38)43-29-33-21(12-32-34-29)16-3-8-23-24(9-16)42-14-41-23/h1-10,12,25H,11,13-14H2. The molecule has 1 aromatic heterocycles. The van der Waals surface area contributed by atoms with E-state index >= 15 is 0 Å². The Labute approximate surface area is 258 Å². The SMILES string of the molecule is O=C(OCC(=O)c1ccc(Cl)cc1Cl)c1ccc(N2C(=O)CC(Sc3nncc(-c4ccc5c(c4)OCO5)n3)C2=O)cc1. The van der Waals surface area contributed by atoms with Crippen LogP contribution in [0.15, 0.2) is 72.0 Å². The van der Waals surface area contributed by atoms with Crippen molar-refractivity contribution in [2.45, 2.75) is 16.8 Å². The zero-order valence-electron chi connectivity index (χ0n) is 21.9. The molecule has 0 radical (unpaired) electrons. The zero-order chi connectivity index (χ0) is 30.1. The van der Waals surface area contributed by atoms with Crippen LogP contribution in [0.5, 0.6) is 11.5 Å². The van der Waals surface area contributed by atoms with Crippen molar-refractivity contribution in [2.24, 2.45) is 0 Å². The first-order chi connectivity index (χ1) is 20.8. The summed E-state index contributed by atoms with van der Waals surface area (Å²) < 4.78 is 15.9. The number of ether oxygens (including phenoxy) is 3. The van der Waals surface area contributed by atoms with E-state index in [0.717, 1.165) is 22.2 Å². The van der Waals surface area contributed by atoms with Crippen molar-refractivity contribution < 1.29 is 33.4 Å². The van der Waals surface area contributed by atoms with Gasteiger partial charge in [-0.3, -0.25) is 14.4 Å². The third kappa shape index (κ3) is 6.03. The maximum absolute atomic E-state index is 13.2. The van der Waals surface area contributed by atoms with Gasteiger partial charge in [-0.05, 0) is 60.7 Å². The Hall–Kier alpha value is -4.52. The Bertz CT molecular complexity index is 1790. The largest absolute Gasteiger partial charge is 0.454 e. The zero-order valence-corrected chi connectivity index (χ0v) is 24.2. The van der Waals surface area contributed by atoms with Crippen LogP contribution in [-0.2, 0) is 14.3 Å². The molecule has 3 aromatic carbocycles. The second-order valence-corrected chi connectivity index (χ2v) is 11.3. The fraction of sp³-hybridized carbons (Fsp3) is 0.138. The van der Waals surface area contributed by atoms with E-state index in [-0.39, 0.29) is 40.2 Å². The Kier molecular flexibility index (Phi) is 7.98. The van der Waals surface area contributed by atoms with E-state index in [1.54, 1.807) is 12.1 Å². The van der Waals surface area contributed by atoms with Crippen LogP contribution in [-0.4, -0.2) is 57.4 Å².